The molecule has 1 saturated heterocycles. The van der Waals surface area contributed by atoms with Gasteiger partial charge in [-0.05, 0) is 68.1 Å². The van der Waals surface area contributed by atoms with Crippen molar-refractivity contribution in [2.24, 2.45) is 11.8 Å². The van der Waals surface area contributed by atoms with Gasteiger partial charge >= 0.3 is 5.97 Å². The quantitative estimate of drug-likeness (QED) is 0.497. The summed E-state index contributed by atoms with van der Waals surface area (Å²) < 4.78 is 37.8. The van der Waals surface area contributed by atoms with E-state index >= 15 is 0 Å². The van der Waals surface area contributed by atoms with Gasteiger partial charge in [0.1, 0.15) is 17.4 Å². The lowest BCUT2D eigenvalue weighted by molar-refractivity contribution is -0.149. The van der Waals surface area contributed by atoms with Crippen LogP contribution in [-0.4, -0.2) is 56.7 Å². The van der Waals surface area contributed by atoms with Gasteiger partial charge in [0.25, 0.3) is 5.91 Å². The van der Waals surface area contributed by atoms with Gasteiger partial charge in [0.2, 0.25) is 0 Å². The number of carbonyl (C=O) groups excluding carboxylic acids is 2. The van der Waals surface area contributed by atoms with Gasteiger partial charge in [0, 0.05) is 25.2 Å². The molecule has 2 unspecified atom stereocenters. The van der Waals surface area contributed by atoms with Crippen molar-refractivity contribution in [3.8, 4) is 11.8 Å². The van der Waals surface area contributed by atoms with Crippen LogP contribution in [-0.2, 0) is 14.3 Å². The molecule has 9 heteroatoms. The van der Waals surface area contributed by atoms with Gasteiger partial charge in [-0.3, -0.25) is 14.5 Å². The van der Waals surface area contributed by atoms with Gasteiger partial charge in [-0.15, -0.1) is 0 Å². The van der Waals surface area contributed by atoms with Gasteiger partial charge in [0.05, 0.1) is 30.3 Å². The lowest BCUT2D eigenvalue weighted by atomic mass is 9.82. The number of nitriles is 1. The molecule has 0 aromatic heterocycles. The van der Waals surface area contributed by atoms with Crippen molar-refractivity contribution in [3.05, 3.63) is 65.2 Å². The number of halogens is 2. The first-order valence-electron chi connectivity index (χ1n) is 12.3. The molecule has 2 aromatic carbocycles. The highest BCUT2D eigenvalue weighted by atomic mass is 19.1. The number of rotatable bonds is 8. The minimum absolute atomic E-state index is 0.0465. The standard InChI is InChI=1S/C28H29F2N3O4/c1-36-28(35)23-17-32(11-2-5-21-15-22(29)7-8-24(21)30)13-10-20(23)4-3-12-33-25-14-19(16-31)6-9-26(25)37-18-27(33)34/h2,5-9,14-15,20,23H,3-4,10-13,17-18H2,1H3. The number of anilines is 1. The summed E-state index contributed by atoms with van der Waals surface area (Å²) in [5.41, 5.74) is 1.23. The molecule has 37 heavy (non-hydrogen) atoms. The lowest BCUT2D eigenvalue weighted by Gasteiger charge is -2.37. The van der Waals surface area contributed by atoms with E-state index in [-0.39, 0.29) is 35.9 Å². The first-order chi connectivity index (χ1) is 17.9. The summed E-state index contributed by atoms with van der Waals surface area (Å²) in [6, 6.07) is 10.4. The van der Waals surface area contributed by atoms with Crippen LogP contribution in [0.15, 0.2) is 42.5 Å². The second-order valence-corrected chi connectivity index (χ2v) is 9.28. The monoisotopic (exact) mass is 509 g/mol. The van der Waals surface area contributed by atoms with E-state index in [2.05, 4.69) is 11.0 Å². The number of methoxy groups -OCH3 is 1. The molecule has 0 N–H and O–H groups in total. The number of likely N-dealkylation sites (tertiary alicyclic amines) is 1. The molecular weight excluding hydrogens is 480 g/mol. The average molecular weight is 510 g/mol. The molecule has 2 aliphatic heterocycles. The van der Waals surface area contributed by atoms with Crippen LogP contribution in [0.25, 0.3) is 6.08 Å². The molecule has 2 aromatic rings. The zero-order valence-corrected chi connectivity index (χ0v) is 20.7. The number of ether oxygens (including phenoxy) is 2. The number of esters is 1. The molecule has 0 spiro atoms. The Hall–Kier alpha value is -3.77. The zero-order chi connectivity index (χ0) is 26.4. The molecule has 0 aliphatic carbocycles. The SMILES string of the molecule is COC(=O)C1CN(CC=Cc2cc(F)ccc2F)CCC1CCCN1C(=O)COc2ccc(C#N)cc21. The van der Waals surface area contributed by atoms with E-state index in [1.807, 2.05) is 0 Å². The van der Waals surface area contributed by atoms with Gasteiger partial charge in [0.15, 0.2) is 6.61 Å². The Morgan fingerprint density at radius 1 is 1.27 bits per heavy atom. The molecule has 7 nitrogen and oxygen atoms in total. The Morgan fingerprint density at radius 2 is 2.11 bits per heavy atom. The molecule has 1 amide bonds. The molecule has 0 saturated carbocycles. The Labute approximate surface area is 214 Å². The number of amides is 1. The summed E-state index contributed by atoms with van der Waals surface area (Å²) in [5, 5.41) is 9.22. The molecule has 0 radical (unpaired) electrons. The molecule has 0 bridgehead atoms. The van der Waals surface area contributed by atoms with E-state index in [0.717, 1.165) is 37.6 Å². The fraction of sp³-hybridized carbons (Fsp3) is 0.393. The molecule has 1 fully saturated rings. The van der Waals surface area contributed by atoms with Crippen molar-refractivity contribution in [2.45, 2.75) is 19.3 Å². The van der Waals surface area contributed by atoms with Crippen molar-refractivity contribution in [1.82, 2.24) is 4.90 Å². The number of hydrogen-bond acceptors (Lipinski definition) is 6. The highest BCUT2D eigenvalue weighted by Crippen LogP contribution is 2.34. The minimum atomic E-state index is -0.500. The van der Waals surface area contributed by atoms with Crippen molar-refractivity contribution >= 4 is 23.6 Å². The largest absolute Gasteiger partial charge is 0.482 e. The Balaban J connectivity index is 1.35. The van der Waals surface area contributed by atoms with E-state index in [9.17, 15) is 23.6 Å². The molecule has 194 valence electrons. The van der Waals surface area contributed by atoms with Crippen molar-refractivity contribution in [3.63, 3.8) is 0 Å². The third-order valence-electron chi connectivity index (χ3n) is 6.95. The molecular formula is C28H29F2N3O4. The number of fused-ring (bicyclic) bond motifs is 1. The van der Waals surface area contributed by atoms with Crippen LogP contribution < -0.4 is 9.64 Å². The van der Waals surface area contributed by atoms with Crippen LogP contribution >= 0.6 is 0 Å². The zero-order valence-electron chi connectivity index (χ0n) is 20.7. The fourth-order valence-corrected chi connectivity index (χ4v) is 5.00. The summed E-state index contributed by atoms with van der Waals surface area (Å²) in [4.78, 5) is 28.9. The minimum Gasteiger partial charge on any atom is -0.482 e. The predicted molar refractivity (Wildman–Crippen MR) is 134 cm³/mol. The van der Waals surface area contributed by atoms with E-state index in [1.165, 1.54) is 7.11 Å². The number of piperidine rings is 1. The van der Waals surface area contributed by atoms with Gasteiger partial charge in [-0.1, -0.05) is 12.2 Å². The molecule has 4 rings (SSSR count). The second kappa shape index (κ2) is 12.0. The Bertz CT molecular complexity index is 1230. The van der Waals surface area contributed by atoms with Crippen molar-refractivity contribution < 1.29 is 27.8 Å². The summed E-state index contributed by atoms with van der Waals surface area (Å²) >= 11 is 0. The normalized spacial score (nSPS) is 19.8. The van der Waals surface area contributed by atoms with Crippen LogP contribution in [0.4, 0.5) is 14.5 Å². The Morgan fingerprint density at radius 3 is 2.89 bits per heavy atom. The number of hydrogen-bond donors (Lipinski definition) is 0. The second-order valence-electron chi connectivity index (χ2n) is 9.28. The van der Waals surface area contributed by atoms with E-state index in [1.54, 1.807) is 35.3 Å². The maximum atomic E-state index is 13.9. The van der Waals surface area contributed by atoms with Crippen LogP contribution in [0.5, 0.6) is 5.75 Å². The van der Waals surface area contributed by atoms with Crippen molar-refractivity contribution in [2.75, 3.05) is 44.8 Å². The number of carbonyl (C=O) groups is 2. The average Bonchev–Trinajstić information content (AvgIpc) is 2.91. The molecule has 2 atom stereocenters. The highest BCUT2D eigenvalue weighted by Gasteiger charge is 2.35. The van der Waals surface area contributed by atoms with E-state index in [4.69, 9.17) is 9.47 Å². The first kappa shape index (κ1) is 26.3. The molecule has 2 aliphatic rings. The first-order valence-corrected chi connectivity index (χ1v) is 12.3. The van der Waals surface area contributed by atoms with Crippen molar-refractivity contribution in [1.29, 1.82) is 5.26 Å². The topological polar surface area (TPSA) is 82.9 Å². The number of benzene rings is 2. The third kappa shape index (κ3) is 6.33. The smallest absolute Gasteiger partial charge is 0.310 e. The van der Waals surface area contributed by atoms with Crippen LogP contribution in [0.2, 0.25) is 0 Å². The third-order valence-corrected chi connectivity index (χ3v) is 6.95. The molecule has 2 heterocycles. The van der Waals surface area contributed by atoms with Crippen LogP contribution in [0.1, 0.15) is 30.4 Å². The summed E-state index contributed by atoms with van der Waals surface area (Å²) in [6.45, 7) is 2.16. The van der Waals surface area contributed by atoms with E-state index < -0.39 is 11.6 Å². The van der Waals surface area contributed by atoms with Gasteiger partial charge in [-0.25, -0.2) is 8.78 Å². The lowest BCUT2D eigenvalue weighted by Crippen LogP contribution is -2.44. The maximum Gasteiger partial charge on any atom is 0.310 e. The summed E-state index contributed by atoms with van der Waals surface area (Å²) in [5.74, 6) is -1.09. The summed E-state index contributed by atoms with van der Waals surface area (Å²) in [6.07, 6.45) is 5.50. The Kier molecular flexibility index (Phi) is 8.51. The van der Waals surface area contributed by atoms with Crippen LogP contribution in [0.3, 0.4) is 0 Å². The predicted octanol–water partition coefficient (Wildman–Crippen LogP) is 4.17. The van der Waals surface area contributed by atoms with Gasteiger partial charge < -0.3 is 14.4 Å². The summed E-state index contributed by atoms with van der Waals surface area (Å²) in [7, 11) is 1.38. The van der Waals surface area contributed by atoms with Gasteiger partial charge in [-0.2, -0.15) is 5.26 Å². The van der Waals surface area contributed by atoms with E-state index in [0.29, 0.717) is 43.1 Å². The fourth-order valence-electron chi connectivity index (χ4n) is 5.00. The van der Waals surface area contributed by atoms with Crippen LogP contribution in [0, 0.1) is 34.8 Å². The number of nitrogens with zero attached hydrogens (tertiary/aromatic N) is 3. The highest BCUT2D eigenvalue weighted by molar-refractivity contribution is 5.98. The maximum absolute atomic E-state index is 13.9.